The smallest absolute Gasteiger partial charge is 0.161 e. The second kappa shape index (κ2) is 5.83. The highest BCUT2D eigenvalue weighted by atomic mass is 16.5. The molecular formula is C14H19N3O3. The molecule has 0 fully saturated rings. The van der Waals surface area contributed by atoms with Crippen LogP contribution in [-0.2, 0) is 18.4 Å². The molecule has 0 atom stereocenters. The molecule has 1 aromatic carbocycles. The Labute approximate surface area is 118 Å². The van der Waals surface area contributed by atoms with Gasteiger partial charge in [-0.15, -0.1) is 0 Å². The van der Waals surface area contributed by atoms with Crippen molar-refractivity contribution in [2.24, 2.45) is 7.05 Å². The van der Waals surface area contributed by atoms with Crippen molar-refractivity contribution in [2.45, 2.75) is 6.61 Å². The molecule has 2 aromatic rings. The third-order valence-electron chi connectivity index (χ3n) is 3.10. The summed E-state index contributed by atoms with van der Waals surface area (Å²) in [5.74, 6) is 1.90. The van der Waals surface area contributed by atoms with Crippen LogP contribution in [0.4, 0.5) is 5.82 Å². The number of hydrogen-bond acceptors (Lipinski definition) is 5. The summed E-state index contributed by atoms with van der Waals surface area (Å²) in [7, 11) is 6.65. The molecule has 20 heavy (non-hydrogen) atoms. The van der Waals surface area contributed by atoms with E-state index in [1.54, 1.807) is 33.1 Å². The Hall–Kier alpha value is -2.21. The van der Waals surface area contributed by atoms with Gasteiger partial charge >= 0.3 is 0 Å². The van der Waals surface area contributed by atoms with Crippen molar-refractivity contribution in [1.82, 2.24) is 9.78 Å². The van der Waals surface area contributed by atoms with Gasteiger partial charge in [0, 0.05) is 25.8 Å². The van der Waals surface area contributed by atoms with E-state index in [4.69, 9.17) is 19.9 Å². The molecule has 0 bridgehead atoms. The standard InChI is InChI=1S/C14H19N3O3/c1-17-14(15)7-11(16-17)10-6-13(20-4)12(19-3)5-9(10)8-18-2/h5-7H,8,15H2,1-4H3. The quantitative estimate of drug-likeness (QED) is 0.902. The Morgan fingerprint density at radius 2 is 1.75 bits per heavy atom. The van der Waals surface area contributed by atoms with Crippen molar-refractivity contribution < 1.29 is 14.2 Å². The zero-order valence-electron chi connectivity index (χ0n) is 12.1. The van der Waals surface area contributed by atoms with Gasteiger partial charge in [0.2, 0.25) is 0 Å². The first-order valence-corrected chi connectivity index (χ1v) is 6.14. The molecule has 0 unspecified atom stereocenters. The summed E-state index contributed by atoms with van der Waals surface area (Å²) < 4.78 is 17.5. The molecule has 0 aliphatic carbocycles. The predicted octanol–water partition coefficient (Wildman–Crippen LogP) is 1.83. The SMILES string of the molecule is COCc1cc(OC)c(OC)cc1-c1cc(N)n(C)n1. The Bertz CT molecular complexity index is 588. The van der Waals surface area contributed by atoms with Gasteiger partial charge in [0.1, 0.15) is 5.82 Å². The number of nitrogens with zero attached hydrogens (tertiary/aromatic N) is 2. The third kappa shape index (κ3) is 2.55. The van der Waals surface area contributed by atoms with E-state index in [1.165, 1.54) is 0 Å². The number of nitrogen functional groups attached to an aromatic ring is 1. The lowest BCUT2D eigenvalue weighted by atomic mass is 10.0. The molecule has 6 heteroatoms. The largest absolute Gasteiger partial charge is 0.493 e. The Balaban J connectivity index is 2.59. The number of rotatable bonds is 5. The lowest BCUT2D eigenvalue weighted by Gasteiger charge is -2.13. The minimum absolute atomic E-state index is 0.451. The summed E-state index contributed by atoms with van der Waals surface area (Å²) in [5, 5.41) is 4.39. The highest BCUT2D eigenvalue weighted by Gasteiger charge is 2.15. The van der Waals surface area contributed by atoms with Crippen LogP contribution in [0.1, 0.15) is 5.56 Å². The predicted molar refractivity (Wildman–Crippen MR) is 76.9 cm³/mol. The average Bonchev–Trinajstić information content (AvgIpc) is 2.78. The van der Waals surface area contributed by atoms with Gasteiger partial charge in [-0.25, -0.2) is 0 Å². The summed E-state index contributed by atoms with van der Waals surface area (Å²) >= 11 is 0. The first kappa shape index (κ1) is 14.2. The van der Waals surface area contributed by atoms with Crippen molar-refractivity contribution >= 4 is 5.82 Å². The third-order valence-corrected chi connectivity index (χ3v) is 3.10. The number of aromatic nitrogens is 2. The van der Waals surface area contributed by atoms with Crippen LogP contribution in [0, 0.1) is 0 Å². The molecular weight excluding hydrogens is 258 g/mol. The van der Waals surface area contributed by atoms with Gasteiger partial charge in [-0.1, -0.05) is 0 Å². The van der Waals surface area contributed by atoms with Crippen LogP contribution in [0.2, 0.25) is 0 Å². The zero-order chi connectivity index (χ0) is 14.7. The Morgan fingerprint density at radius 3 is 2.25 bits per heavy atom. The highest BCUT2D eigenvalue weighted by Crippen LogP contribution is 2.36. The van der Waals surface area contributed by atoms with E-state index < -0.39 is 0 Å². The topological polar surface area (TPSA) is 71.5 Å². The van der Waals surface area contributed by atoms with Crippen LogP contribution >= 0.6 is 0 Å². The Kier molecular flexibility index (Phi) is 4.14. The molecule has 0 saturated carbocycles. The van der Waals surface area contributed by atoms with Crippen LogP contribution in [-0.4, -0.2) is 31.1 Å². The maximum absolute atomic E-state index is 5.84. The number of nitrogens with two attached hydrogens (primary N) is 1. The second-order valence-corrected chi connectivity index (χ2v) is 4.38. The molecule has 0 saturated heterocycles. The molecule has 0 aliphatic rings. The maximum atomic E-state index is 5.84. The first-order valence-electron chi connectivity index (χ1n) is 6.14. The number of aryl methyl sites for hydroxylation is 1. The lowest BCUT2D eigenvalue weighted by Crippen LogP contribution is -1.99. The van der Waals surface area contributed by atoms with Gasteiger partial charge in [0.15, 0.2) is 11.5 Å². The van der Waals surface area contributed by atoms with Gasteiger partial charge in [-0.2, -0.15) is 5.10 Å². The van der Waals surface area contributed by atoms with E-state index in [-0.39, 0.29) is 0 Å². The number of hydrogen-bond donors (Lipinski definition) is 1. The fourth-order valence-electron chi connectivity index (χ4n) is 2.05. The molecule has 0 radical (unpaired) electrons. The highest BCUT2D eigenvalue weighted by molar-refractivity contribution is 5.70. The number of ether oxygens (including phenoxy) is 3. The van der Waals surface area contributed by atoms with Crippen molar-refractivity contribution in [3.05, 3.63) is 23.8 Å². The van der Waals surface area contributed by atoms with Gasteiger partial charge in [-0.05, 0) is 17.7 Å². The second-order valence-electron chi connectivity index (χ2n) is 4.38. The van der Waals surface area contributed by atoms with Gasteiger partial charge < -0.3 is 19.9 Å². The van der Waals surface area contributed by atoms with E-state index >= 15 is 0 Å². The lowest BCUT2D eigenvalue weighted by molar-refractivity contribution is 0.185. The fraction of sp³-hybridized carbons (Fsp3) is 0.357. The fourth-order valence-corrected chi connectivity index (χ4v) is 2.05. The minimum atomic E-state index is 0.451. The van der Waals surface area contributed by atoms with Crippen molar-refractivity contribution in [2.75, 3.05) is 27.1 Å². The molecule has 1 aromatic heterocycles. The molecule has 0 aliphatic heterocycles. The molecule has 0 amide bonds. The van der Waals surface area contributed by atoms with Crippen LogP contribution < -0.4 is 15.2 Å². The number of anilines is 1. The molecule has 2 rings (SSSR count). The summed E-state index contributed by atoms with van der Waals surface area (Å²) in [6, 6.07) is 5.60. The summed E-state index contributed by atoms with van der Waals surface area (Å²) in [6.07, 6.45) is 0. The van der Waals surface area contributed by atoms with Gasteiger partial charge in [0.25, 0.3) is 0 Å². The summed E-state index contributed by atoms with van der Waals surface area (Å²) in [4.78, 5) is 0. The maximum Gasteiger partial charge on any atom is 0.161 e. The summed E-state index contributed by atoms with van der Waals surface area (Å²) in [5.41, 5.74) is 8.49. The average molecular weight is 277 g/mol. The molecule has 108 valence electrons. The zero-order valence-corrected chi connectivity index (χ0v) is 12.1. The van der Waals surface area contributed by atoms with E-state index in [2.05, 4.69) is 5.10 Å². The van der Waals surface area contributed by atoms with E-state index in [9.17, 15) is 0 Å². The molecule has 0 spiro atoms. The van der Waals surface area contributed by atoms with Gasteiger partial charge in [0.05, 0.1) is 26.5 Å². The van der Waals surface area contributed by atoms with E-state index in [0.717, 1.165) is 16.8 Å². The van der Waals surface area contributed by atoms with Crippen LogP contribution in [0.15, 0.2) is 18.2 Å². The number of methoxy groups -OCH3 is 3. The monoisotopic (exact) mass is 277 g/mol. The van der Waals surface area contributed by atoms with Crippen LogP contribution in [0.25, 0.3) is 11.3 Å². The van der Waals surface area contributed by atoms with Crippen molar-refractivity contribution in [3.63, 3.8) is 0 Å². The molecule has 1 heterocycles. The van der Waals surface area contributed by atoms with Crippen molar-refractivity contribution in [1.29, 1.82) is 0 Å². The van der Waals surface area contributed by atoms with E-state index in [0.29, 0.717) is 23.9 Å². The molecule has 2 N–H and O–H groups in total. The minimum Gasteiger partial charge on any atom is -0.493 e. The van der Waals surface area contributed by atoms with E-state index in [1.807, 2.05) is 18.2 Å². The van der Waals surface area contributed by atoms with Crippen LogP contribution in [0.5, 0.6) is 11.5 Å². The van der Waals surface area contributed by atoms with Crippen LogP contribution in [0.3, 0.4) is 0 Å². The molecule has 6 nitrogen and oxygen atoms in total. The summed E-state index contributed by atoms with van der Waals surface area (Å²) in [6.45, 7) is 0.451. The number of benzene rings is 1. The normalized spacial score (nSPS) is 10.6. The Morgan fingerprint density at radius 1 is 1.10 bits per heavy atom. The van der Waals surface area contributed by atoms with Crippen molar-refractivity contribution in [3.8, 4) is 22.8 Å². The van der Waals surface area contributed by atoms with Gasteiger partial charge in [-0.3, -0.25) is 4.68 Å². The first-order chi connectivity index (χ1) is 9.60.